The van der Waals surface area contributed by atoms with E-state index in [1.807, 2.05) is 18.2 Å². The van der Waals surface area contributed by atoms with Gasteiger partial charge < -0.3 is 20.1 Å². The average molecular weight is 531 g/mol. The molecule has 2 N–H and O–H groups in total. The number of hydrogen-bond donors (Lipinski definition) is 2. The Morgan fingerprint density at radius 2 is 2.11 bits per heavy atom. The zero-order valence-electron chi connectivity index (χ0n) is 20.4. The zero-order valence-corrected chi connectivity index (χ0v) is 20.4. The lowest BCUT2D eigenvalue weighted by Crippen LogP contribution is -2.50. The summed E-state index contributed by atoms with van der Waals surface area (Å²) in [5, 5.41) is 24.7. The molecule has 4 aromatic rings. The molecule has 1 aliphatic carbocycles. The molecule has 200 valence electrons. The summed E-state index contributed by atoms with van der Waals surface area (Å²) in [6, 6.07) is 6.29. The average Bonchev–Trinajstić information content (AvgIpc) is 3.51. The van der Waals surface area contributed by atoms with Gasteiger partial charge in [0.2, 0.25) is 17.7 Å². The molecule has 6 rings (SSSR count). The van der Waals surface area contributed by atoms with Crippen LogP contribution >= 0.6 is 0 Å². The highest BCUT2D eigenvalue weighted by Crippen LogP contribution is 2.46. The Hall–Kier alpha value is -3.94. The first-order valence-corrected chi connectivity index (χ1v) is 12.2. The zero-order chi connectivity index (χ0) is 26.6. The Morgan fingerprint density at radius 3 is 2.82 bits per heavy atom. The topological polar surface area (TPSA) is 123 Å². The number of carbonyl (C=O) groups is 1. The molecule has 0 spiro atoms. The first kappa shape index (κ1) is 24.4. The van der Waals surface area contributed by atoms with E-state index < -0.39 is 36.7 Å². The van der Waals surface area contributed by atoms with Crippen LogP contribution in [0.2, 0.25) is 0 Å². The van der Waals surface area contributed by atoms with E-state index in [1.54, 1.807) is 21.5 Å². The fraction of sp³-hybridized carbons (Fsp3) is 0.458. The number of fused-ring (bicyclic) bond motifs is 2. The molecule has 2 fully saturated rings. The number of methoxy groups -OCH3 is 1. The third kappa shape index (κ3) is 4.18. The van der Waals surface area contributed by atoms with Gasteiger partial charge in [-0.2, -0.15) is 4.98 Å². The van der Waals surface area contributed by atoms with Crippen LogP contribution in [0, 0.1) is 0 Å². The van der Waals surface area contributed by atoms with E-state index >= 15 is 0 Å². The maximum Gasteiger partial charge on any atom is 0.252 e. The van der Waals surface area contributed by atoms with E-state index in [2.05, 4.69) is 25.7 Å². The van der Waals surface area contributed by atoms with Crippen LogP contribution in [0.5, 0.6) is 5.88 Å². The van der Waals surface area contributed by atoms with Crippen molar-refractivity contribution in [2.75, 3.05) is 32.1 Å². The molecule has 0 unspecified atom stereocenters. The van der Waals surface area contributed by atoms with Crippen molar-refractivity contribution in [1.29, 1.82) is 0 Å². The van der Waals surface area contributed by atoms with Crippen molar-refractivity contribution in [2.45, 2.75) is 43.4 Å². The Bertz CT molecular complexity index is 1510. The Morgan fingerprint density at radius 1 is 1.29 bits per heavy atom. The minimum absolute atomic E-state index is 0.128. The number of nitrogens with one attached hydrogen (secondary N) is 1. The molecule has 1 aromatic carbocycles. The van der Waals surface area contributed by atoms with Crippen LogP contribution in [0.3, 0.4) is 0 Å². The molecule has 1 aliphatic heterocycles. The number of benzene rings is 1. The predicted octanol–water partition coefficient (Wildman–Crippen LogP) is 2.46. The number of amides is 1. The lowest BCUT2D eigenvalue weighted by Gasteiger charge is -2.34. The summed E-state index contributed by atoms with van der Waals surface area (Å²) in [6.07, 6.45) is 0.146. The third-order valence-corrected chi connectivity index (χ3v) is 7.21. The van der Waals surface area contributed by atoms with E-state index in [4.69, 9.17) is 9.84 Å². The minimum Gasteiger partial charge on any atom is -0.479 e. The number of ether oxygens (including phenoxy) is 1. The first-order valence-electron chi connectivity index (χ1n) is 12.2. The summed E-state index contributed by atoms with van der Waals surface area (Å²) in [6.45, 7) is -0.479. The highest BCUT2D eigenvalue weighted by molar-refractivity contribution is 5.89. The molecule has 38 heavy (non-hydrogen) atoms. The van der Waals surface area contributed by atoms with Gasteiger partial charge in [-0.25, -0.2) is 22.4 Å². The first-order chi connectivity index (χ1) is 18.3. The van der Waals surface area contributed by atoms with Gasteiger partial charge in [-0.05, 0) is 30.2 Å². The monoisotopic (exact) mass is 530 g/mol. The summed E-state index contributed by atoms with van der Waals surface area (Å²) < 4.78 is 50.4. The van der Waals surface area contributed by atoms with E-state index in [9.17, 15) is 18.0 Å². The maximum absolute atomic E-state index is 14.8. The van der Waals surface area contributed by atoms with E-state index in [0.29, 0.717) is 29.5 Å². The van der Waals surface area contributed by atoms with Gasteiger partial charge in [-0.1, -0.05) is 11.3 Å². The van der Waals surface area contributed by atoms with Gasteiger partial charge in [0.05, 0.1) is 31.3 Å². The van der Waals surface area contributed by atoms with Crippen molar-refractivity contribution < 1.29 is 27.8 Å². The van der Waals surface area contributed by atoms with Crippen molar-refractivity contribution in [3.8, 4) is 17.0 Å². The van der Waals surface area contributed by atoms with Gasteiger partial charge in [-0.15, -0.1) is 10.2 Å². The number of nitrogens with zero attached hydrogens (tertiary/aromatic N) is 7. The fourth-order valence-corrected chi connectivity index (χ4v) is 5.16. The molecule has 2 atom stereocenters. The minimum atomic E-state index is -2.68. The molecule has 2 aliphatic rings. The van der Waals surface area contributed by atoms with Gasteiger partial charge in [0.25, 0.3) is 5.92 Å². The van der Waals surface area contributed by atoms with Crippen LogP contribution in [-0.4, -0.2) is 90.4 Å². The van der Waals surface area contributed by atoms with Crippen LogP contribution in [0.15, 0.2) is 30.5 Å². The normalized spacial score (nSPS) is 21.6. The van der Waals surface area contributed by atoms with Crippen LogP contribution in [-0.2, 0) is 4.79 Å². The lowest BCUT2D eigenvalue weighted by atomic mass is 9.88. The number of halogens is 3. The number of aromatic nitrogens is 6. The van der Waals surface area contributed by atoms with Crippen LogP contribution in [0.25, 0.3) is 27.7 Å². The van der Waals surface area contributed by atoms with Crippen LogP contribution in [0.1, 0.15) is 25.3 Å². The molecule has 14 heteroatoms. The standard InChI is InChI=1S/C24H25F3N8O3/c1-38-22-21-15(13-2-3-18-19(8-13)35(32-30-18)14-9-24(26,27)10-14)4-7-34(21)31-23(29-22)28-17-5-6-33(11-16(17)25)20(37)12-36/h2-4,7-8,14,16-17,36H,5-6,9-12H2,1H3,(H,28,31)/t16-,17+/m1/s1. The molecule has 11 nitrogen and oxygen atoms in total. The number of rotatable bonds is 6. The molecule has 4 heterocycles. The van der Waals surface area contributed by atoms with Crippen LogP contribution < -0.4 is 10.1 Å². The second kappa shape index (κ2) is 9.11. The van der Waals surface area contributed by atoms with Crippen molar-refractivity contribution >= 4 is 28.4 Å². The highest BCUT2D eigenvalue weighted by atomic mass is 19.3. The third-order valence-electron chi connectivity index (χ3n) is 7.21. The summed E-state index contributed by atoms with van der Waals surface area (Å²) in [5.74, 6) is -2.76. The van der Waals surface area contributed by atoms with E-state index in [1.165, 1.54) is 12.0 Å². The molecular formula is C24H25F3N8O3. The molecule has 0 radical (unpaired) electrons. The number of alkyl halides is 3. The largest absolute Gasteiger partial charge is 0.479 e. The number of hydrogen-bond acceptors (Lipinski definition) is 8. The quantitative estimate of drug-likeness (QED) is 0.390. The smallest absolute Gasteiger partial charge is 0.252 e. The molecule has 1 saturated heterocycles. The summed E-state index contributed by atoms with van der Waals surface area (Å²) in [4.78, 5) is 17.4. The van der Waals surface area contributed by atoms with Gasteiger partial charge >= 0.3 is 0 Å². The van der Waals surface area contributed by atoms with Gasteiger partial charge in [0.15, 0.2) is 0 Å². The number of carbonyl (C=O) groups excluding carboxylic acids is 1. The highest BCUT2D eigenvalue weighted by Gasteiger charge is 2.47. The lowest BCUT2D eigenvalue weighted by molar-refractivity contribution is -0.136. The Kier molecular flexibility index (Phi) is 5.85. The molecule has 1 amide bonds. The number of aliphatic hydroxyl groups excluding tert-OH is 1. The fourth-order valence-electron chi connectivity index (χ4n) is 5.16. The molecule has 0 bridgehead atoms. The Balaban J connectivity index is 1.29. The van der Waals surface area contributed by atoms with Crippen molar-refractivity contribution in [1.82, 2.24) is 34.5 Å². The van der Waals surface area contributed by atoms with Crippen LogP contribution in [0.4, 0.5) is 19.1 Å². The van der Waals surface area contributed by atoms with E-state index in [0.717, 1.165) is 11.1 Å². The number of aliphatic hydroxyl groups is 1. The van der Waals surface area contributed by atoms with Gasteiger partial charge in [0.1, 0.15) is 23.8 Å². The summed E-state index contributed by atoms with van der Waals surface area (Å²) >= 11 is 0. The second-order valence-electron chi connectivity index (χ2n) is 9.68. The second-order valence-corrected chi connectivity index (χ2v) is 9.68. The predicted molar refractivity (Wildman–Crippen MR) is 130 cm³/mol. The molecule has 3 aromatic heterocycles. The SMILES string of the molecule is COc1nc(N[C@H]2CCN(C(=O)CO)C[C@H]2F)nn2ccc(-c3ccc4nnn(C5CC(F)(F)C5)c4c3)c12. The number of anilines is 1. The maximum atomic E-state index is 14.8. The van der Waals surface area contributed by atoms with E-state index in [-0.39, 0.29) is 31.2 Å². The van der Waals surface area contributed by atoms with Gasteiger partial charge in [-0.3, -0.25) is 4.79 Å². The molecular weight excluding hydrogens is 505 g/mol. The van der Waals surface area contributed by atoms with Crippen molar-refractivity contribution in [2.24, 2.45) is 0 Å². The van der Waals surface area contributed by atoms with Crippen molar-refractivity contribution in [3.63, 3.8) is 0 Å². The van der Waals surface area contributed by atoms with Crippen molar-refractivity contribution in [3.05, 3.63) is 30.5 Å². The van der Waals surface area contributed by atoms with Gasteiger partial charge in [0, 0.05) is 31.1 Å². The summed E-state index contributed by atoms with van der Waals surface area (Å²) in [7, 11) is 1.47. The Labute approximate surface area is 214 Å². The molecule has 1 saturated carbocycles. The number of piperidine rings is 1. The summed E-state index contributed by atoms with van der Waals surface area (Å²) in [5.41, 5.74) is 3.37. The number of likely N-dealkylation sites (tertiary alicyclic amines) is 1.